The van der Waals surface area contributed by atoms with Crippen molar-refractivity contribution in [2.45, 2.75) is 52.0 Å². The number of rotatable bonds is 3. The van der Waals surface area contributed by atoms with Crippen molar-refractivity contribution in [2.24, 2.45) is 5.92 Å². The van der Waals surface area contributed by atoms with Crippen LogP contribution in [0.25, 0.3) is 0 Å². The summed E-state index contributed by atoms with van der Waals surface area (Å²) in [6.07, 6.45) is 6.85. The van der Waals surface area contributed by atoms with E-state index in [1.165, 1.54) is 43.4 Å². The fraction of sp³-hybridized carbons (Fsp3) is 0.600. The van der Waals surface area contributed by atoms with Crippen molar-refractivity contribution in [1.29, 1.82) is 0 Å². The van der Waals surface area contributed by atoms with Crippen molar-refractivity contribution >= 4 is 5.69 Å². The second-order valence-corrected chi connectivity index (χ2v) is 5.15. The summed E-state index contributed by atoms with van der Waals surface area (Å²) < 4.78 is 0. The molecular formula is C15H23N. The molecule has 2 atom stereocenters. The van der Waals surface area contributed by atoms with Gasteiger partial charge in [0.1, 0.15) is 0 Å². The maximum atomic E-state index is 3.67. The number of hydrogen-bond acceptors (Lipinski definition) is 1. The van der Waals surface area contributed by atoms with E-state index in [4.69, 9.17) is 0 Å². The van der Waals surface area contributed by atoms with Gasteiger partial charge in [0.2, 0.25) is 0 Å². The number of hydrogen-bond donors (Lipinski definition) is 1. The average molecular weight is 217 g/mol. The lowest BCUT2D eigenvalue weighted by Gasteiger charge is -2.29. The molecule has 1 nitrogen and oxygen atoms in total. The highest BCUT2D eigenvalue weighted by atomic mass is 14.9. The summed E-state index contributed by atoms with van der Waals surface area (Å²) in [5.41, 5.74) is 2.62. The Bertz CT molecular complexity index is 315. The molecule has 16 heavy (non-hydrogen) atoms. The van der Waals surface area contributed by atoms with Gasteiger partial charge in [-0.2, -0.15) is 0 Å². The van der Waals surface area contributed by atoms with Gasteiger partial charge in [0, 0.05) is 11.7 Å². The Morgan fingerprint density at radius 2 is 1.94 bits per heavy atom. The Morgan fingerprint density at radius 3 is 2.62 bits per heavy atom. The van der Waals surface area contributed by atoms with Gasteiger partial charge in [0.05, 0.1) is 0 Å². The lowest BCUT2D eigenvalue weighted by Crippen LogP contribution is -2.26. The Kier molecular flexibility index (Phi) is 3.87. The maximum absolute atomic E-state index is 3.67. The van der Waals surface area contributed by atoms with E-state index < -0.39 is 0 Å². The fourth-order valence-electron chi connectivity index (χ4n) is 2.68. The van der Waals surface area contributed by atoms with Crippen LogP contribution in [0.5, 0.6) is 0 Å². The molecule has 1 aliphatic rings. The molecule has 0 bridgehead atoms. The molecule has 1 aromatic carbocycles. The summed E-state index contributed by atoms with van der Waals surface area (Å²) in [5.74, 6) is 0.941. The zero-order valence-electron chi connectivity index (χ0n) is 10.5. The van der Waals surface area contributed by atoms with Crippen LogP contribution in [0.4, 0.5) is 5.69 Å². The minimum Gasteiger partial charge on any atom is -0.382 e. The molecule has 1 aromatic rings. The van der Waals surface area contributed by atoms with Crippen molar-refractivity contribution in [3.63, 3.8) is 0 Å². The van der Waals surface area contributed by atoms with Crippen molar-refractivity contribution in [3.8, 4) is 0 Å². The third-order valence-corrected chi connectivity index (χ3v) is 3.78. The quantitative estimate of drug-likeness (QED) is 0.792. The molecule has 1 saturated carbocycles. The third-order valence-electron chi connectivity index (χ3n) is 3.78. The molecule has 0 aromatic heterocycles. The smallest absolute Gasteiger partial charge is 0.0342 e. The number of anilines is 1. The van der Waals surface area contributed by atoms with Gasteiger partial charge in [-0.05, 0) is 37.8 Å². The topological polar surface area (TPSA) is 12.0 Å². The van der Waals surface area contributed by atoms with E-state index in [2.05, 4.69) is 43.4 Å². The van der Waals surface area contributed by atoms with Crippen LogP contribution in [0.15, 0.2) is 24.3 Å². The molecule has 1 aliphatic carbocycles. The van der Waals surface area contributed by atoms with Crippen molar-refractivity contribution < 1.29 is 0 Å². The molecule has 1 fully saturated rings. The number of aryl methyl sites for hydroxylation is 1. The van der Waals surface area contributed by atoms with E-state index in [1.807, 2.05) is 0 Å². The van der Waals surface area contributed by atoms with Gasteiger partial charge in [-0.25, -0.2) is 0 Å². The van der Waals surface area contributed by atoms with Gasteiger partial charge in [0.15, 0.2) is 0 Å². The SMILES string of the molecule is CCC1CCCC(Nc2ccc(C)cc2)C1. The highest BCUT2D eigenvalue weighted by molar-refractivity contribution is 5.45. The molecule has 0 heterocycles. The predicted octanol–water partition coefficient (Wildman–Crippen LogP) is 4.38. The zero-order chi connectivity index (χ0) is 11.4. The summed E-state index contributed by atoms with van der Waals surface area (Å²) in [6, 6.07) is 9.46. The van der Waals surface area contributed by atoms with Crippen LogP contribution in [0, 0.1) is 12.8 Å². The first kappa shape index (κ1) is 11.5. The molecule has 1 N–H and O–H groups in total. The molecular weight excluding hydrogens is 194 g/mol. The standard InChI is InChI=1S/C15H23N/c1-3-13-5-4-6-15(11-13)16-14-9-7-12(2)8-10-14/h7-10,13,15-16H,3-6,11H2,1-2H3. The Hall–Kier alpha value is -0.980. The molecule has 1 heteroatoms. The van der Waals surface area contributed by atoms with Crippen LogP contribution >= 0.6 is 0 Å². The molecule has 0 aliphatic heterocycles. The van der Waals surface area contributed by atoms with Crippen LogP contribution in [0.3, 0.4) is 0 Å². The summed E-state index contributed by atoms with van der Waals surface area (Å²) in [4.78, 5) is 0. The van der Waals surface area contributed by atoms with Crippen LogP contribution in [0.1, 0.15) is 44.6 Å². The zero-order valence-corrected chi connectivity index (χ0v) is 10.5. The molecule has 88 valence electrons. The summed E-state index contributed by atoms with van der Waals surface area (Å²) >= 11 is 0. The first-order valence-corrected chi connectivity index (χ1v) is 6.61. The molecule has 0 radical (unpaired) electrons. The second-order valence-electron chi connectivity index (χ2n) is 5.15. The molecule has 0 spiro atoms. The van der Waals surface area contributed by atoms with Gasteiger partial charge >= 0.3 is 0 Å². The van der Waals surface area contributed by atoms with Crippen LogP contribution in [-0.4, -0.2) is 6.04 Å². The van der Waals surface area contributed by atoms with Crippen LogP contribution in [-0.2, 0) is 0 Å². The van der Waals surface area contributed by atoms with Crippen LogP contribution < -0.4 is 5.32 Å². The first-order valence-electron chi connectivity index (χ1n) is 6.61. The maximum Gasteiger partial charge on any atom is 0.0342 e. The monoisotopic (exact) mass is 217 g/mol. The summed E-state index contributed by atoms with van der Waals surface area (Å²) in [6.45, 7) is 4.45. The fourth-order valence-corrected chi connectivity index (χ4v) is 2.68. The van der Waals surface area contributed by atoms with E-state index in [-0.39, 0.29) is 0 Å². The Balaban J connectivity index is 1.91. The van der Waals surface area contributed by atoms with Gasteiger partial charge < -0.3 is 5.32 Å². The van der Waals surface area contributed by atoms with E-state index in [1.54, 1.807) is 0 Å². The normalized spacial score (nSPS) is 25.4. The minimum absolute atomic E-state index is 0.696. The Morgan fingerprint density at radius 1 is 1.19 bits per heavy atom. The van der Waals surface area contributed by atoms with E-state index in [9.17, 15) is 0 Å². The lowest BCUT2D eigenvalue weighted by atomic mass is 9.84. The minimum atomic E-state index is 0.696. The number of benzene rings is 1. The van der Waals surface area contributed by atoms with Crippen molar-refractivity contribution in [3.05, 3.63) is 29.8 Å². The highest BCUT2D eigenvalue weighted by Gasteiger charge is 2.20. The first-order chi connectivity index (χ1) is 7.78. The Labute approximate surface area is 99.3 Å². The molecule has 0 saturated heterocycles. The van der Waals surface area contributed by atoms with Crippen molar-refractivity contribution in [2.75, 3.05) is 5.32 Å². The van der Waals surface area contributed by atoms with E-state index in [0.717, 1.165) is 5.92 Å². The molecule has 2 rings (SSSR count). The highest BCUT2D eigenvalue weighted by Crippen LogP contribution is 2.28. The van der Waals surface area contributed by atoms with Gasteiger partial charge in [-0.1, -0.05) is 43.9 Å². The van der Waals surface area contributed by atoms with Crippen molar-refractivity contribution in [1.82, 2.24) is 0 Å². The summed E-state index contributed by atoms with van der Waals surface area (Å²) in [7, 11) is 0. The second kappa shape index (κ2) is 5.38. The van der Waals surface area contributed by atoms with Gasteiger partial charge in [0.25, 0.3) is 0 Å². The van der Waals surface area contributed by atoms with E-state index in [0.29, 0.717) is 6.04 Å². The van der Waals surface area contributed by atoms with Crippen LogP contribution in [0.2, 0.25) is 0 Å². The largest absolute Gasteiger partial charge is 0.382 e. The number of nitrogens with one attached hydrogen (secondary N) is 1. The van der Waals surface area contributed by atoms with E-state index >= 15 is 0 Å². The third kappa shape index (κ3) is 3.01. The van der Waals surface area contributed by atoms with Gasteiger partial charge in [-0.3, -0.25) is 0 Å². The van der Waals surface area contributed by atoms with Gasteiger partial charge in [-0.15, -0.1) is 0 Å². The molecule has 0 amide bonds. The molecule has 2 unspecified atom stereocenters. The average Bonchev–Trinajstić information content (AvgIpc) is 2.32. The predicted molar refractivity (Wildman–Crippen MR) is 70.8 cm³/mol. The summed E-state index contributed by atoms with van der Waals surface area (Å²) in [5, 5.41) is 3.67. The lowest BCUT2D eigenvalue weighted by molar-refractivity contribution is 0.327.